The molecule has 4 rings (SSSR count). The van der Waals surface area contributed by atoms with E-state index in [1.165, 1.54) is 22.4 Å². The Morgan fingerprint density at radius 1 is 1.00 bits per heavy atom. The molecule has 0 saturated heterocycles. The van der Waals surface area contributed by atoms with Crippen molar-refractivity contribution in [1.29, 1.82) is 0 Å². The number of benzene rings is 2. The first kappa shape index (κ1) is 13.9. The van der Waals surface area contributed by atoms with Gasteiger partial charge in [0.15, 0.2) is 11.5 Å². The van der Waals surface area contributed by atoms with Crippen molar-refractivity contribution in [1.82, 2.24) is 4.57 Å². The lowest BCUT2D eigenvalue weighted by Gasteiger charge is -2.13. The largest absolute Gasteiger partial charge is 0.454 e. The van der Waals surface area contributed by atoms with E-state index in [4.69, 9.17) is 9.47 Å². The van der Waals surface area contributed by atoms with Crippen molar-refractivity contribution in [2.24, 2.45) is 0 Å². The van der Waals surface area contributed by atoms with Gasteiger partial charge in [-0.25, -0.2) is 0 Å². The first-order valence-electron chi connectivity index (χ1n) is 7.74. The fourth-order valence-corrected chi connectivity index (χ4v) is 2.90. The molecular weight excluding hydrogens is 286 g/mol. The van der Waals surface area contributed by atoms with E-state index in [1.807, 2.05) is 6.07 Å². The third-order valence-electron chi connectivity index (χ3n) is 4.24. The number of hydrogen-bond acceptors (Lipinski definition) is 2. The molecule has 3 heteroatoms. The fraction of sp³-hybridized carbons (Fsp3) is 0.200. The molecule has 0 saturated carbocycles. The molecule has 0 unspecified atom stereocenters. The molecule has 115 valence electrons. The summed E-state index contributed by atoms with van der Waals surface area (Å²) >= 11 is 0. The fourth-order valence-electron chi connectivity index (χ4n) is 2.90. The van der Waals surface area contributed by atoms with Crippen LogP contribution in [0.5, 0.6) is 11.5 Å². The maximum absolute atomic E-state index is 5.48. The van der Waals surface area contributed by atoms with Gasteiger partial charge in [0, 0.05) is 24.0 Å². The van der Waals surface area contributed by atoms with Gasteiger partial charge in [-0.1, -0.05) is 35.9 Å². The highest BCUT2D eigenvalue weighted by Gasteiger charge is 2.14. The molecule has 0 bridgehead atoms. The molecule has 1 aromatic heterocycles. The van der Waals surface area contributed by atoms with E-state index in [0.29, 0.717) is 6.79 Å². The Hall–Kier alpha value is -2.68. The third-order valence-corrected chi connectivity index (χ3v) is 4.24. The van der Waals surface area contributed by atoms with Gasteiger partial charge in [-0.05, 0) is 43.2 Å². The second-order valence-electron chi connectivity index (χ2n) is 5.90. The van der Waals surface area contributed by atoms with E-state index in [-0.39, 0.29) is 0 Å². The van der Waals surface area contributed by atoms with Crippen LogP contribution in [0.2, 0.25) is 0 Å². The molecule has 1 aliphatic heterocycles. The normalized spacial score (nSPS) is 12.6. The monoisotopic (exact) mass is 304 g/mol. The van der Waals surface area contributed by atoms with Gasteiger partial charge >= 0.3 is 0 Å². The Bertz CT molecular complexity index is 847. The van der Waals surface area contributed by atoms with Crippen LogP contribution in [-0.2, 0) is 6.54 Å². The second kappa shape index (κ2) is 5.51. The van der Waals surface area contributed by atoms with E-state index < -0.39 is 0 Å². The van der Waals surface area contributed by atoms with Crippen molar-refractivity contribution >= 4 is 0 Å². The average Bonchev–Trinajstić information content (AvgIpc) is 3.16. The van der Waals surface area contributed by atoms with Gasteiger partial charge < -0.3 is 14.0 Å². The number of nitrogens with zero attached hydrogens (tertiary/aromatic N) is 1. The zero-order valence-electron chi connectivity index (χ0n) is 13.3. The van der Waals surface area contributed by atoms with E-state index in [1.54, 1.807) is 0 Å². The lowest BCUT2D eigenvalue weighted by atomic mass is 10.1. The molecule has 0 spiro atoms. The number of hydrogen-bond donors (Lipinski definition) is 0. The zero-order chi connectivity index (χ0) is 15.8. The Balaban J connectivity index is 1.69. The Kier molecular flexibility index (Phi) is 3.34. The summed E-state index contributed by atoms with van der Waals surface area (Å²) in [5.41, 5.74) is 5.97. The number of aromatic nitrogens is 1. The van der Waals surface area contributed by atoms with Crippen molar-refractivity contribution in [2.45, 2.75) is 20.4 Å². The van der Waals surface area contributed by atoms with Gasteiger partial charge in [0.05, 0.1) is 0 Å². The minimum Gasteiger partial charge on any atom is -0.454 e. The smallest absolute Gasteiger partial charge is 0.231 e. The molecule has 0 atom stereocenters. The summed E-state index contributed by atoms with van der Waals surface area (Å²) in [7, 11) is 0. The van der Waals surface area contributed by atoms with Gasteiger partial charge in [0.25, 0.3) is 0 Å². The van der Waals surface area contributed by atoms with Gasteiger partial charge in [-0.2, -0.15) is 0 Å². The molecular formula is C20H18NO2. The molecule has 0 fully saturated rings. The number of aryl methyl sites for hydroxylation is 2. The topological polar surface area (TPSA) is 23.4 Å². The van der Waals surface area contributed by atoms with Crippen LogP contribution in [0.4, 0.5) is 0 Å². The van der Waals surface area contributed by atoms with E-state index in [2.05, 4.69) is 66.9 Å². The summed E-state index contributed by atoms with van der Waals surface area (Å²) in [4.78, 5) is 0. The van der Waals surface area contributed by atoms with Gasteiger partial charge in [-0.15, -0.1) is 0 Å². The minimum atomic E-state index is 0.309. The molecule has 3 aromatic rings. The van der Waals surface area contributed by atoms with Gasteiger partial charge in [0.1, 0.15) is 0 Å². The van der Waals surface area contributed by atoms with Crippen LogP contribution in [-0.4, -0.2) is 11.4 Å². The summed E-state index contributed by atoms with van der Waals surface area (Å²) in [5.74, 6) is 1.65. The summed E-state index contributed by atoms with van der Waals surface area (Å²) in [6.45, 7) is 5.29. The highest BCUT2D eigenvalue weighted by molar-refractivity contribution is 5.61. The van der Waals surface area contributed by atoms with E-state index in [9.17, 15) is 0 Å². The first-order valence-corrected chi connectivity index (χ1v) is 7.74. The third kappa shape index (κ3) is 2.59. The van der Waals surface area contributed by atoms with Gasteiger partial charge in [0.2, 0.25) is 6.79 Å². The molecule has 23 heavy (non-hydrogen) atoms. The van der Waals surface area contributed by atoms with Crippen molar-refractivity contribution < 1.29 is 9.47 Å². The lowest BCUT2D eigenvalue weighted by Crippen LogP contribution is -2.03. The Morgan fingerprint density at radius 3 is 2.61 bits per heavy atom. The zero-order valence-corrected chi connectivity index (χ0v) is 13.3. The van der Waals surface area contributed by atoms with E-state index in [0.717, 1.165) is 23.7 Å². The number of rotatable bonds is 3. The SMILES string of the molecule is Cc1ccc(-c2c[c]c(C)n2Cc2ccc3c(c2)OCO3)cc1. The summed E-state index contributed by atoms with van der Waals surface area (Å²) in [6, 6.07) is 20.1. The summed E-state index contributed by atoms with van der Waals surface area (Å²) in [6.07, 6.45) is 0. The van der Waals surface area contributed by atoms with E-state index >= 15 is 0 Å². The van der Waals surface area contributed by atoms with Crippen LogP contribution in [0.15, 0.2) is 48.5 Å². The molecule has 2 heterocycles. The Labute approximate surface area is 136 Å². The van der Waals surface area contributed by atoms with Crippen LogP contribution in [0.3, 0.4) is 0 Å². The molecule has 3 nitrogen and oxygen atoms in total. The summed E-state index contributed by atoms with van der Waals surface area (Å²) in [5, 5.41) is 0. The number of fused-ring (bicyclic) bond motifs is 1. The molecule has 1 radical (unpaired) electrons. The second-order valence-corrected chi connectivity index (χ2v) is 5.90. The molecule has 0 N–H and O–H groups in total. The first-order chi connectivity index (χ1) is 11.2. The summed E-state index contributed by atoms with van der Waals surface area (Å²) < 4.78 is 13.1. The van der Waals surface area contributed by atoms with Crippen molar-refractivity contribution in [2.75, 3.05) is 6.79 Å². The van der Waals surface area contributed by atoms with Crippen LogP contribution in [0, 0.1) is 19.9 Å². The van der Waals surface area contributed by atoms with Crippen LogP contribution >= 0.6 is 0 Å². The molecule has 0 aliphatic carbocycles. The van der Waals surface area contributed by atoms with Crippen molar-refractivity contribution in [3.05, 3.63) is 71.4 Å². The molecule has 1 aliphatic rings. The highest BCUT2D eigenvalue weighted by Crippen LogP contribution is 2.33. The quantitative estimate of drug-likeness (QED) is 0.718. The predicted molar refractivity (Wildman–Crippen MR) is 89.8 cm³/mol. The maximum Gasteiger partial charge on any atom is 0.231 e. The predicted octanol–water partition coefficient (Wildman–Crippen LogP) is 4.35. The highest BCUT2D eigenvalue weighted by atomic mass is 16.7. The lowest BCUT2D eigenvalue weighted by molar-refractivity contribution is 0.174. The van der Waals surface area contributed by atoms with Gasteiger partial charge in [-0.3, -0.25) is 0 Å². The Morgan fingerprint density at radius 2 is 1.78 bits per heavy atom. The van der Waals surface area contributed by atoms with Crippen molar-refractivity contribution in [3.8, 4) is 22.8 Å². The standard InChI is InChI=1S/C20H18NO2/c1-14-3-7-17(8-4-14)18-9-5-15(2)21(18)12-16-6-10-19-20(11-16)23-13-22-19/h3-4,6-11H,12-13H2,1-2H3. The number of ether oxygens (including phenoxy) is 2. The van der Waals surface area contributed by atoms with Crippen molar-refractivity contribution in [3.63, 3.8) is 0 Å². The average molecular weight is 304 g/mol. The molecule has 0 amide bonds. The molecule has 2 aromatic carbocycles. The van der Waals surface area contributed by atoms with Crippen LogP contribution in [0.1, 0.15) is 16.8 Å². The maximum atomic E-state index is 5.48. The van der Waals surface area contributed by atoms with Crippen LogP contribution < -0.4 is 9.47 Å². The van der Waals surface area contributed by atoms with Crippen LogP contribution in [0.25, 0.3) is 11.3 Å². The minimum absolute atomic E-state index is 0.309.